The van der Waals surface area contributed by atoms with E-state index in [1.807, 2.05) is 84.9 Å². The van der Waals surface area contributed by atoms with Crippen LogP contribution in [0, 0.1) is 0 Å². The number of aliphatic hydroxyl groups excluding tert-OH is 1. The molecule has 4 rings (SSSR count). The minimum absolute atomic E-state index is 0.412. The summed E-state index contributed by atoms with van der Waals surface area (Å²) in [4.78, 5) is 4.76. The van der Waals surface area contributed by atoms with Crippen molar-refractivity contribution >= 4 is 29.1 Å². The molecule has 156 valence electrons. The number of halogens is 1. The smallest absolute Gasteiger partial charge is 0.209 e. The lowest BCUT2D eigenvalue weighted by Gasteiger charge is -2.13. The highest BCUT2D eigenvalue weighted by molar-refractivity contribution is 7.99. The second-order valence-electron chi connectivity index (χ2n) is 6.88. The van der Waals surface area contributed by atoms with Crippen LogP contribution in [0.5, 0.6) is 0 Å². The van der Waals surface area contributed by atoms with Crippen LogP contribution in [0.15, 0.2) is 90.1 Å². The summed E-state index contributed by atoms with van der Waals surface area (Å²) < 4.78 is 0. The van der Waals surface area contributed by atoms with Gasteiger partial charge in [0, 0.05) is 34.1 Å². The molecule has 1 aromatic heterocycles. The normalized spacial score (nSPS) is 11.8. The van der Waals surface area contributed by atoms with Gasteiger partial charge in [-0.25, -0.2) is 4.98 Å². The van der Waals surface area contributed by atoms with Crippen molar-refractivity contribution in [1.82, 2.24) is 15.2 Å². The van der Waals surface area contributed by atoms with Gasteiger partial charge in [0.25, 0.3) is 0 Å². The van der Waals surface area contributed by atoms with Gasteiger partial charge in [0.1, 0.15) is 11.4 Å². The second kappa shape index (κ2) is 10.4. The van der Waals surface area contributed by atoms with Crippen LogP contribution in [-0.2, 0) is 0 Å². The van der Waals surface area contributed by atoms with Crippen LogP contribution in [0.25, 0.3) is 22.5 Å². The Morgan fingerprint density at radius 2 is 1.42 bits per heavy atom. The molecule has 0 saturated carbocycles. The molecule has 0 amide bonds. The summed E-state index contributed by atoms with van der Waals surface area (Å²) in [5, 5.41) is 23.5. The van der Waals surface area contributed by atoms with Crippen LogP contribution in [0.2, 0.25) is 5.02 Å². The van der Waals surface area contributed by atoms with Crippen LogP contribution in [0.1, 0.15) is 0 Å². The average molecular weight is 449 g/mol. The van der Waals surface area contributed by atoms with E-state index in [-0.39, 0.29) is 0 Å². The van der Waals surface area contributed by atoms with E-state index in [9.17, 15) is 5.11 Å². The van der Waals surface area contributed by atoms with E-state index in [0.29, 0.717) is 22.5 Å². The van der Waals surface area contributed by atoms with Crippen molar-refractivity contribution < 1.29 is 5.11 Å². The number of rotatable bonds is 8. The van der Waals surface area contributed by atoms with Crippen LogP contribution >= 0.6 is 23.4 Å². The summed E-state index contributed by atoms with van der Waals surface area (Å²) in [5.74, 6) is 0.446. The van der Waals surface area contributed by atoms with E-state index >= 15 is 0 Å². The lowest BCUT2D eigenvalue weighted by atomic mass is 10.0. The third-order valence-corrected chi connectivity index (χ3v) is 5.79. The van der Waals surface area contributed by atoms with E-state index < -0.39 is 6.10 Å². The summed E-state index contributed by atoms with van der Waals surface area (Å²) in [7, 11) is 0. The monoisotopic (exact) mass is 448 g/mol. The highest BCUT2D eigenvalue weighted by Gasteiger charge is 2.14. The van der Waals surface area contributed by atoms with Crippen molar-refractivity contribution in [3.8, 4) is 22.5 Å². The van der Waals surface area contributed by atoms with Gasteiger partial charge in [-0.3, -0.25) is 0 Å². The highest BCUT2D eigenvalue weighted by Crippen LogP contribution is 2.29. The third kappa shape index (κ3) is 5.82. The highest BCUT2D eigenvalue weighted by atomic mass is 35.5. The lowest BCUT2D eigenvalue weighted by Crippen LogP contribution is -2.22. The fraction of sp³-hybridized carbons (Fsp3) is 0.125. The van der Waals surface area contributed by atoms with E-state index in [1.165, 1.54) is 11.8 Å². The second-order valence-corrected chi connectivity index (χ2v) is 8.30. The zero-order chi connectivity index (χ0) is 21.5. The van der Waals surface area contributed by atoms with Gasteiger partial charge in [0.15, 0.2) is 0 Å². The van der Waals surface area contributed by atoms with Crippen molar-refractivity contribution in [2.24, 2.45) is 0 Å². The maximum atomic E-state index is 10.4. The lowest BCUT2D eigenvalue weighted by molar-refractivity contribution is 0.213. The zero-order valence-corrected chi connectivity index (χ0v) is 18.2. The Kier molecular flexibility index (Phi) is 7.14. The van der Waals surface area contributed by atoms with Gasteiger partial charge in [0.2, 0.25) is 5.16 Å². The molecule has 2 N–H and O–H groups in total. The van der Waals surface area contributed by atoms with Crippen molar-refractivity contribution in [2.75, 3.05) is 17.6 Å². The van der Waals surface area contributed by atoms with Crippen LogP contribution < -0.4 is 5.32 Å². The van der Waals surface area contributed by atoms with Gasteiger partial charge in [-0.05, 0) is 24.3 Å². The van der Waals surface area contributed by atoms with Gasteiger partial charge in [-0.15, -0.1) is 10.2 Å². The molecule has 0 bridgehead atoms. The number of aromatic nitrogens is 3. The molecule has 0 spiro atoms. The number of nitrogens with zero attached hydrogens (tertiary/aromatic N) is 3. The maximum absolute atomic E-state index is 10.4. The van der Waals surface area contributed by atoms with E-state index in [0.717, 1.165) is 28.2 Å². The average Bonchev–Trinajstić information content (AvgIpc) is 2.83. The number of nitrogens with one attached hydrogen (secondary N) is 1. The Morgan fingerprint density at radius 1 is 0.806 bits per heavy atom. The third-order valence-electron chi connectivity index (χ3n) is 4.55. The van der Waals surface area contributed by atoms with Crippen molar-refractivity contribution in [3.05, 3.63) is 90.0 Å². The molecule has 4 aromatic rings. The first-order valence-corrected chi connectivity index (χ1v) is 11.2. The number of anilines is 1. The maximum Gasteiger partial charge on any atom is 0.209 e. The molecule has 1 heterocycles. The summed E-state index contributed by atoms with van der Waals surface area (Å²) >= 11 is 7.28. The Labute approximate surface area is 190 Å². The van der Waals surface area contributed by atoms with Gasteiger partial charge in [0.05, 0.1) is 6.10 Å². The molecule has 7 heteroatoms. The van der Waals surface area contributed by atoms with Gasteiger partial charge >= 0.3 is 0 Å². The van der Waals surface area contributed by atoms with E-state index in [4.69, 9.17) is 16.6 Å². The Hall–Kier alpha value is -2.93. The van der Waals surface area contributed by atoms with Gasteiger partial charge < -0.3 is 10.4 Å². The zero-order valence-electron chi connectivity index (χ0n) is 16.6. The number of hydrogen-bond acceptors (Lipinski definition) is 6. The van der Waals surface area contributed by atoms with E-state index in [2.05, 4.69) is 15.5 Å². The SMILES string of the molecule is OC(CNc1ccc(Cl)cc1)CSc1nnc(-c2ccccc2)c(-c2ccccc2)n1. The number of benzene rings is 3. The fourth-order valence-corrected chi connectivity index (χ4v) is 3.83. The van der Waals surface area contributed by atoms with Crippen LogP contribution in [0.3, 0.4) is 0 Å². The molecule has 0 fully saturated rings. The first-order chi connectivity index (χ1) is 15.2. The molecule has 0 radical (unpaired) electrons. The number of thioether (sulfide) groups is 1. The van der Waals surface area contributed by atoms with Crippen LogP contribution in [0.4, 0.5) is 5.69 Å². The topological polar surface area (TPSA) is 70.9 Å². The summed E-state index contributed by atoms with van der Waals surface area (Å²) in [6.07, 6.45) is -0.571. The first-order valence-electron chi connectivity index (χ1n) is 9.85. The quantitative estimate of drug-likeness (QED) is 0.350. The number of hydrogen-bond donors (Lipinski definition) is 2. The van der Waals surface area contributed by atoms with Crippen LogP contribution in [-0.4, -0.2) is 38.7 Å². The van der Waals surface area contributed by atoms with Crippen molar-refractivity contribution in [1.29, 1.82) is 0 Å². The summed E-state index contributed by atoms with van der Waals surface area (Å²) in [6.45, 7) is 0.412. The van der Waals surface area contributed by atoms with E-state index in [1.54, 1.807) is 0 Å². The van der Waals surface area contributed by atoms with Gasteiger partial charge in [-0.1, -0.05) is 84.0 Å². The molecular formula is C24H21ClN4OS. The molecule has 0 saturated heterocycles. The van der Waals surface area contributed by atoms with Gasteiger partial charge in [-0.2, -0.15) is 0 Å². The first kappa shape index (κ1) is 21.3. The predicted molar refractivity (Wildman–Crippen MR) is 127 cm³/mol. The molecule has 5 nitrogen and oxygen atoms in total. The number of aliphatic hydroxyl groups is 1. The minimum Gasteiger partial charge on any atom is -0.390 e. The Morgan fingerprint density at radius 3 is 2.06 bits per heavy atom. The Balaban J connectivity index is 1.47. The minimum atomic E-state index is -0.571. The molecule has 0 aliphatic heterocycles. The predicted octanol–water partition coefficient (Wildman–Crippen LogP) is 5.42. The molecule has 3 aromatic carbocycles. The molecule has 1 atom stereocenters. The summed E-state index contributed by atoms with van der Waals surface area (Å²) in [6, 6.07) is 27.2. The molecule has 0 aliphatic rings. The Bertz CT molecular complexity index is 1110. The van der Waals surface area contributed by atoms with Crippen molar-refractivity contribution in [3.63, 3.8) is 0 Å². The van der Waals surface area contributed by atoms with Crippen molar-refractivity contribution in [2.45, 2.75) is 11.3 Å². The molecule has 31 heavy (non-hydrogen) atoms. The largest absolute Gasteiger partial charge is 0.390 e. The standard InChI is InChI=1S/C24H21ClN4OS/c25-19-11-13-20(14-12-19)26-15-21(30)16-31-24-27-22(17-7-3-1-4-8-17)23(28-29-24)18-9-5-2-6-10-18/h1-14,21,26,30H,15-16H2. The summed E-state index contributed by atoms with van der Waals surface area (Å²) in [5.41, 5.74) is 4.36. The molecular weight excluding hydrogens is 428 g/mol. The molecule has 0 aliphatic carbocycles. The molecule has 1 unspecified atom stereocenters. The fourth-order valence-electron chi connectivity index (χ4n) is 2.99.